The Balaban J connectivity index is 1.87. The average molecular weight is 383 g/mol. The van der Waals surface area contributed by atoms with Crippen molar-refractivity contribution in [3.8, 4) is 5.75 Å². The first-order valence-corrected chi connectivity index (χ1v) is 8.77. The summed E-state index contributed by atoms with van der Waals surface area (Å²) in [6, 6.07) is 13.1. The quantitative estimate of drug-likeness (QED) is 0.501. The maximum Gasteiger partial charge on any atom is 0.240 e. The van der Waals surface area contributed by atoms with Crippen molar-refractivity contribution in [2.45, 2.75) is 20.4 Å². The number of benzene rings is 2. The number of nitrogens with zero attached hydrogens (tertiary/aromatic N) is 3. The van der Waals surface area contributed by atoms with Crippen molar-refractivity contribution < 1.29 is 9.53 Å². The maximum atomic E-state index is 12.7. The van der Waals surface area contributed by atoms with Gasteiger partial charge < -0.3 is 10.5 Å². The van der Waals surface area contributed by atoms with Gasteiger partial charge in [0.2, 0.25) is 10.7 Å². The van der Waals surface area contributed by atoms with E-state index in [-0.39, 0.29) is 23.0 Å². The van der Waals surface area contributed by atoms with Gasteiger partial charge in [-0.3, -0.25) is 10.2 Å². The molecule has 3 rings (SSSR count). The van der Waals surface area contributed by atoms with Gasteiger partial charge in [-0.15, -0.1) is 5.10 Å². The lowest BCUT2D eigenvalue weighted by Crippen LogP contribution is -2.15. The first kappa shape index (κ1) is 18.7. The topological polar surface area (TPSA) is 87.1 Å². The molecule has 0 saturated heterocycles. The smallest absolute Gasteiger partial charge is 0.240 e. The number of carbonyl (C=O) groups is 1. The molecule has 27 heavy (non-hydrogen) atoms. The second kappa shape index (κ2) is 7.63. The molecule has 0 amide bonds. The summed E-state index contributed by atoms with van der Waals surface area (Å²) in [7, 11) is 1.58. The van der Waals surface area contributed by atoms with Gasteiger partial charge in [0.1, 0.15) is 12.3 Å². The first-order chi connectivity index (χ1) is 12.9. The Morgan fingerprint density at radius 1 is 1.26 bits per heavy atom. The van der Waals surface area contributed by atoms with E-state index in [4.69, 9.17) is 22.7 Å². The van der Waals surface area contributed by atoms with Crippen LogP contribution in [-0.4, -0.2) is 27.3 Å². The summed E-state index contributed by atoms with van der Waals surface area (Å²) >= 11 is 5.44. The van der Waals surface area contributed by atoms with Crippen molar-refractivity contribution >= 4 is 29.6 Å². The van der Waals surface area contributed by atoms with Crippen LogP contribution in [0.25, 0.3) is 0 Å². The standard InChI is InChI=1S/C19H21N5O2S/c1-12-8-9-14(13(2)10-12)16(25)11-23-19(27)24(18(20)22-23)21-15-6-4-5-7-17(15)26-3/h4-10,21H,11H2,1-3H3,(H2,20,22). The van der Waals surface area contributed by atoms with E-state index in [1.165, 1.54) is 9.36 Å². The minimum Gasteiger partial charge on any atom is -0.495 e. The highest BCUT2D eigenvalue weighted by molar-refractivity contribution is 7.71. The number of nitrogens with two attached hydrogens (primary N) is 1. The van der Waals surface area contributed by atoms with E-state index >= 15 is 0 Å². The zero-order chi connectivity index (χ0) is 19.6. The van der Waals surface area contributed by atoms with Gasteiger partial charge in [-0.1, -0.05) is 35.9 Å². The second-order valence-corrected chi connectivity index (χ2v) is 6.55. The predicted molar refractivity (Wildman–Crippen MR) is 108 cm³/mol. The van der Waals surface area contributed by atoms with Gasteiger partial charge in [0.15, 0.2) is 5.78 Å². The highest BCUT2D eigenvalue weighted by atomic mass is 32.1. The summed E-state index contributed by atoms with van der Waals surface area (Å²) in [5.74, 6) is 0.711. The zero-order valence-electron chi connectivity index (χ0n) is 15.4. The monoisotopic (exact) mass is 383 g/mol. The maximum absolute atomic E-state index is 12.7. The highest BCUT2D eigenvalue weighted by Crippen LogP contribution is 2.24. The minimum atomic E-state index is -0.0782. The van der Waals surface area contributed by atoms with E-state index < -0.39 is 0 Å². The predicted octanol–water partition coefficient (Wildman–Crippen LogP) is 3.38. The van der Waals surface area contributed by atoms with E-state index in [1.807, 2.05) is 56.3 Å². The van der Waals surface area contributed by atoms with Crippen LogP contribution >= 0.6 is 12.2 Å². The molecule has 3 N–H and O–H groups in total. The van der Waals surface area contributed by atoms with E-state index in [2.05, 4.69) is 10.5 Å². The number of rotatable bonds is 6. The Kier molecular flexibility index (Phi) is 5.27. The molecular weight excluding hydrogens is 362 g/mol. The summed E-state index contributed by atoms with van der Waals surface area (Å²) in [6.07, 6.45) is 0. The van der Waals surface area contributed by atoms with E-state index in [0.29, 0.717) is 17.0 Å². The molecule has 0 radical (unpaired) electrons. The Morgan fingerprint density at radius 3 is 2.70 bits per heavy atom. The molecule has 0 aliphatic heterocycles. The van der Waals surface area contributed by atoms with E-state index in [0.717, 1.165) is 11.1 Å². The first-order valence-electron chi connectivity index (χ1n) is 8.36. The average Bonchev–Trinajstić information content (AvgIpc) is 2.89. The summed E-state index contributed by atoms with van der Waals surface area (Å²) in [4.78, 5) is 12.7. The van der Waals surface area contributed by atoms with Crippen LogP contribution in [0.4, 0.5) is 11.6 Å². The van der Waals surface area contributed by atoms with Crippen molar-refractivity contribution in [3.05, 3.63) is 63.9 Å². The third-order valence-corrected chi connectivity index (χ3v) is 4.57. The van der Waals surface area contributed by atoms with Crippen LogP contribution in [0.5, 0.6) is 5.75 Å². The van der Waals surface area contributed by atoms with E-state index in [9.17, 15) is 4.79 Å². The molecule has 0 atom stereocenters. The molecule has 0 saturated carbocycles. The molecule has 1 heterocycles. The van der Waals surface area contributed by atoms with Gasteiger partial charge in [0.25, 0.3) is 0 Å². The fourth-order valence-corrected chi connectivity index (χ4v) is 3.08. The van der Waals surface area contributed by atoms with E-state index in [1.54, 1.807) is 7.11 Å². The number of nitrogen functional groups attached to an aromatic ring is 1. The molecule has 1 aromatic heterocycles. The van der Waals surface area contributed by atoms with Gasteiger partial charge in [0.05, 0.1) is 12.8 Å². The van der Waals surface area contributed by atoms with Crippen LogP contribution < -0.4 is 15.9 Å². The highest BCUT2D eigenvalue weighted by Gasteiger charge is 2.15. The summed E-state index contributed by atoms with van der Waals surface area (Å²) < 4.78 is 8.46. The van der Waals surface area contributed by atoms with Gasteiger partial charge in [-0.05, 0) is 43.8 Å². The minimum absolute atomic E-state index is 0.00748. The van der Waals surface area contributed by atoms with Gasteiger partial charge in [0, 0.05) is 5.56 Å². The number of aromatic nitrogens is 3. The Bertz CT molecular complexity index is 1050. The lowest BCUT2D eigenvalue weighted by Gasteiger charge is -2.11. The van der Waals surface area contributed by atoms with Crippen molar-refractivity contribution in [1.29, 1.82) is 0 Å². The number of carbonyl (C=O) groups excluding carboxylic acids is 1. The van der Waals surface area contributed by atoms with Gasteiger partial charge in [-0.25, -0.2) is 4.68 Å². The summed E-state index contributed by atoms with van der Waals surface area (Å²) in [6.45, 7) is 3.91. The molecule has 0 aliphatic rings. The molecule has 140 valence electrons. The Hall–Kier alpha value is -3.13. The number of nitrogens with one attached hydrogen (secondary N) is 1. The van der Waals surface area contributed by atoms with Crippen molar-refractivity contribution in [1.82, 2.24) is 14.5 Å². The molecule has 7 nitrogen and oxygen atoms in total. The van der Waals surface area contributed by atoms with Crippen LogP contribution in [0.2, 0.25) is 0 Å². The third-order valence-electron chi connectivity index (χ3n) is 4.18. The van der Waals surface area contributed by atoms with Crippen LogP contribution in [0, 0.1) is 18.6 Å². The number of hydrogen-bond donors (Lipinski definition) is 2. The number of ether oxygens (including phenoxy) is 1. The second-order valence-electron chi connectivity index (χ2n) is 6.19. The number of ketones is 1. The number of hydrogen-bond acceptors (Lipinski definition) is 6. The number of para-hydroxylation sites is 2. The van der Waals surface area contributed by atoms with Crippen LogP contribution in [0.15, 0.2) is 42.5 Å². The van der Waals surface area contributed by atoms with Gasteiger partial charge >= 0.3 is 0 Å². The number of aryl methyl sites for hydroxylation is 2. The zero-order valence-corrected chi connectivity index (χ0v) is 16.2. The molecule has 0 unspecified atom stereocenters. The fourth-order valence-electron chi connectivity index (χ4n) is 2.84. The lowest BCUT2D eigenvalue weighted by molar-refractivity contribution is 0.0966. The number of anilines is 2. The molecule has 0 aliphatic carbocycles. The molecule has 0 bridgehead atoms. The molecule has 3 aromatic rings. The van der Waals surface area contributed by atoms with Crippen molar-refractivity contribution in [3.63, 3.8) is 0 Å². The van der Waals surface area contributed by atoms with Gasteiger partial charge in [-0.2, -0.15) is 4.68 Å². The Morgan fingerprint density at radius 2 is 2.00 bits per heavy atom. The molecule has 2 aromatic carbocycles. The lowest BCUT2D eigenvalue weighted by atomic mass is 10.0. The molecule has 8 heteroatoms. The summed E-state index contributed by atoms with van der Waals surface area (Å²) in [5, 5.41) is 4.20. The fraction of sp³-hybridized carbons (Fsp3) is 0.211. The molecule has 0 fully saturated rings. The SMILES string of the molecule is COc1ccccc1Nn1c(N)nn(CC(=O)c2ccc(C)cc2C)c1=S. The van der Waals surface area contributed by atoms with Crippen molar-refractivity contribution in [2.24, 2.45) is 0 Å². The Labute approximate surface area is 162 Å². The van der Waals surface area contributed by atoms with Crippen LogP contribution in [0.1, 0.15) is 21.5 Å². The molecule has 0 spiro atoms. The number of Topliss-reactive ketones (excluding diaryl/α,β-unsaturated/α-hetero) is 1. The molecular formula is C19H21N5O2S. The number of methoxy groups -OCH3 is 1. The van der Waals surface area contributed by atoms with Crippen LogP contribution in [0.3, 0.4) is 0 Å². The van der Waals surface area contributed by atoms with Crippen LogP contribution in [-0.2, 0) is 6.54 Å². The van der Waals surface area contributed by atoms with Crippen molar-refractivity contribution in [2.75, 3.05) is 18.3 Å². The summed E-state index contributed by atoms with van der Waals surface area (Å²) in [5.41, 5.74) is 12.4. The third kappa shape index (κ3) is 3.85. The normalized spacial score (nSPS) is 10.6. The largest absolute Gasteiger partial charge is 0.495 e.